The molecular formula is C16H14N4O2S. The molecule has 0 atom stereocenters. The van der Waals surface area contributed by atoms with Gasteiger partial charge in [0, 0.05) is 17.4 Å². The van der Waals surface area contributed by atoms with Gasteiger partial charge in [0.15, 0.2) is 5.11 Å². The topological polar surface area (TPSA) is 79.0 Å². The summed E-state index contributed by atoms with van der Waals surface area (Å²) in [4.78, 5) is 18.4. The van der Waals surface area contributed by atoms with E-state index < -0.39 is 0 Å². The molecule has 0 aliphatic rings. The number of thiocarbonyl (C=S) groups is 1. The van der Waals surface area contributed by atoms with Gasteiger partial charge >= 0.3 is 0 Å². The largest absolute Gasteiger partial charge is 0.497 e. The molecule has 1 heterocycles. The highest BCUT2D eigenvalue weighted by Crippen LogP contribution is 2.18. The number of benzene rings is 2. The molecule has 0 unspecified atom stereocenters. The van der Waals surface area contributed by atoms with Crippen LogP contribution in [0.2, 0.25) is 0 Å². The zero-order valence-electron chi connectivity index (χ0n) is 12.3. The quantitative estimate of drug-likeness (QED) is 0.642. The highest BCUT2D eigenvalue weighted by molar-refractivity contribution is 7.80. The van der Waals surface area contributed by atoms with Gasteiger partial charge in [-0.05, 0) is 42.5 Å². The van der Waals surface area contributed by atoms with Crippen molar-refractivity contribution in [3.63, 3.8) is 0 Å². The van der Waals surface area contributed by atoms with Gasteiger partial charge in [0.2, 0.25) is 0 Å². The average molecular weight is 326 g/mol. The summed E-state index contributed by atoms with van der Waals surface area (Å²) in [6.07, 6.45) is 1.38. The van der Waals surface area contributed by atoms with Gasteiger partial charge in [-0.1, -0.05) is 6.07 Å². The van der Waals surface area contributed by atoms with Crippen LogP contribution < -0.4 is 20.9 Å². The van der Waals surface area contributed by atoms with Gasteiger partial charge in [-0.2, -0.15) is 0 Å². The number of hydrogen-bond donors (Lipinski definition) is 3. The molecule has 0 bridgehead atoms. The number of methoxy groups -OCH3 is 1. The Labute approximate surface area is 137 Å². The van der Waals surface area contributed by atoms with E-state index in [4.69, 9.17) is 17.0 Å². The van der Waals surface area contributed by atoms with E-state index in [1.165, 1.54) is 6.33 Å². The monoisotopic (exact) mass is 326 g/mol. The maximum absolute atomic E-state index is 11.8. The number of hydrogen-bond acceptors (Lipinski definition) is 4. The Bertz CT molecular complexity index is 923. The maximum atomic E-state index is 11.8. The molecule has 0 amide bonds. The summed E-state index contributed by atoms with van der Waals surface area (Å²) in [5.41, 5.74) is 1.95. The second-order valence-electron chi connectivity index (χ2n) is 4.77. The van der Waals surface area contributed by atoms with Gasteiger partial charge in [0.05, 0.1) is 24.3 Å². The predicted octanol–water partition coefficient (Wildman–Crippen LogP) is 2.74. The lowest BCUT2D eigenvalue weighted by molar-refractivity contribution is 0.415. The van der Waals surface area contributed by atoms with Crippen molar-refractivity contribution in [2.75, 3.05) is 17.7 Å². The number of nitrogens with zero attached hydrogens (tertiary/aromatic N) is 1. The number of aromatic amines is 1. The first-order valence-corrected chi connectivity index (χ1v) is 7.26. The zero-order valence-corrected chi connectivity index (χ0v) is 13.1. The fourth-order valence-electron chi connectivity index (χ4n) is 2.14. The Morgan fingerprint density at radius 3 is 2.74 bits per heavy atom. The van der Waals surface area contributed by atoms with Crippen molar-refractivity contribution in [3.05, 3.63) is 59.1 Å². The molecule has 116 valence electrons. The number of rotatable bonds is 3. The summed E-state index contributed by atoms with van der Waals surface area (Å²) in [5, 5.41) is 7.03. The van der Waals surface area contributed by atoms with E-state index >= 15 is 0 Å². The van der Waals surface area contributed by atoms with Crippen LogP contribution in [0.25, 0.3) is 10.9 Å². The van der Waals surface area contributed by atoms with Crippen LogP contribution in [0.5, 0.6) is 5.75 Å². The van der Waals surface area contributed by atoms with Crippen molar-refractivity contribution in [2.45, 2.75) is 0 Å². The Balaban J connectivity index is 1.77. The lowest BCUT2D eigenvalue weighted by Crippen LogP contribution is -2.19. The molecule has 3 N–H and O–H groups in total. The Morgan fingerprint density at radius 2 is 1.96 bits per heavy atom. The molecule has 7 heteroatoms. The van der Waals surface area contributed by atoms with E-state index in [0.29, 0.717) is 21.7 Å². The standard InChI is InChI=1S/C16H14N4O2S/c1-22-12-4-2-3-10(7-12)19-16(23)20-11-5-6-14-13(8-11)15(21)18-9-17-14/h2-9H,1H3,(H,17,18,21)(H2,19,20,23). The smallest absolute Gasteiger partial charge is 0.258 e. The molecule has 0 saturated carbocycles. The fraction of sp³-hybridized carbons (Fsp3) is 0.0625. The molecule has 2 aromatic carbocycles. The van der Waals surface area contributed by atoms with Gasteiger partial charge in [0.1, 0.15) is 5.75 Å². The van der Waals surface area contributed by atoms with Crippen LogP contribution in [0.3, 0.4) is 0 Å². The number of H-pyrrole nitrogens is 1. The maximum Gasteiger partial charge on any atom is 0.258 e. The summed E-state index contributed by atoms with van der Waals surface area (Å²) >= 11 is 5.29. The first-order chi connectivity index (χ1) is 11.2. The first-order valence-electron chi connectivity index (χ1n) is 6.85. The van der Waals surface area contributed by atoms with Crippen LogP contribution in [0.15, 0.2) is 53.6 Å². The highest BCUT2D eigenvalue weighted by atomic mass is 32.1. The van der Waals surface area contributed by atoms with Crippen molar-refractivity contribution < 1.29 is 4.74 Å². The zero-order chi connectivity index (χ0) is 16.2. The molecule has 3 rings (SSSR count). The number of ether oxygens (including phenoxy) is 1. The average Bonchev–Trinajstić information content (AvgIpc) is 2.56. The molecule has 0 fully saturated rings. The van der Waals surface area contributed by atoms with Crippen LogP contribution >= 0.6 is 12.2 Å². The SMILES string of the molecule is COc1cccc(NC(=S)Nc2ccc3nc[nH]c(=O)c3c2)c1. The lowest BCUT2D eigenvalue weighted by Gasteiger charge is -2.11. The van der Waals surface area contributed by atoms with E-state index in [1.54, 1.807) is 19.2 Å². The van der Waals surface area contributed by atoms with Crippen LogP contribution in [0.4, 0.5) is 11.4 Å². The minimum atomic E-state index is -0.190. The minimum Gasteiger partial charge on any atom is -0.497 e. The summed E-state index contributed by atoms with van der Waals surface area (Å²) < 4.78 is 5.17. The highest BCUT2D eigenvalue weighted by Gasteiger charge is 2.04. The van der Waals surface area contributed by atoms with Crippen LogP contribution in [-0.2, 0) is 0 Å². The molecular weight excluding hydrogens is 312 g/mol. The second-order valence-corrected chi connectivity index (χ2v) is 5.18. The van der Waals surface area contributed by atoms with Crippen molar-refractivity contribution >= 4 is 39.6 Å². The molecule has 0 radical (unpaired) electrons. The van der Waals surface area contributed by atoms with E-state index in [-0.39, 0.29) is 5.56 Å². The van der Waals surface area contributed by atoms with Gasteiger partial charge in [-0.25, -0.2) is 4.98 Å². The summed E-state index contributed by atoms with van der Waals surface area (Å²) in [5.74, 6) is 0.737. The lowest BCUT2D eigenvalue weighted by atomic mass is 10.2. The van der Waals surface area contributed by atoms with E-state index in [1.807, 2.05) is 30.3 Å². The number of aromatic nitrogens is 2. The third-order valence-electron chi connectivity index (χ3n) is 3.23. The molecule has 3 aromatic rings. The van der Waals surface area contributed by atoms with E-state index in [2.05, 4.69) is 20.6 Å². The van der Waals surface area contributed by atoms with E-state index in [0.717, 1.165) is 11.4 Å². The fourth-order valence-corrected chi connectivity index (χ4v) is 2.38. The second kappa shape index (κ2) is 6.45. The van der Waals surface area contributed by atoms with Crippen LogP contribution in [0, 0.1) is 0 Å². The van der Waals surface area contributed by atoms with Crippen molar-refractivity contribution in [2.24, 2.45) is 0 Å². The summed E-state index contributed by atoms with van der Waals surface area (Å²) in [6.45, 7) is 0. The number of nitrogens with one attached hydrogen (secondary N) is 3. The van der Waals surface area contributed by atoms with E-state index in [9.17, 15) is 4.79 Å². The number of anilines is 2. The Kier molecular flexibility index (Phi) is 4.20. The third kappa shape index (κ3) is 3.46. The first kappa shape index (κ1) is 15.0. The Hall–Kier alpha value is -2.93. The van der Waals surface area contributed by atoms with Gasteiger partial charge in [0.25, 0.3) is 5.56 Å². The van der Waals surface area contributed by atoms with Gasteiger partial charge in [-0.15, -0.1) is 0 Å². The van der Waals surface area contributed by atoms with Crippen molar-refractivity contribution in [3.8, 4) is 5.75 Å². The Morgan fingerprint density at radius 1 is 1.17 bits per heavy atom. The normalized spacial score (nSPS) is 10.3. The van der Waals surface area contributed by atoms with Gasteiger partial charge in [-0.3, -0.25) is 4.79 Å². The molecule has 23 heavy (non-hydrogen) atoms. The van der Waals surface area contributed by atoms with Crippen molar-refractivity contribution in [1.82, 2.24) is 9.97 Å². The van der Waals surface area contributed by atoms with Crippen molar-refractivity contribution in [1.29, 1.82) is 0 Å². The molecule has 0 spiro atoms. The predicted molar refractivity (Wildman–Crippen MR) is 95.2 cm³/mol. The van der Waals surface area contributed by atoms with Crippen LogP contribution in [0.1, 0.15) is 0 Å². The van der Waals surface area contributed by atoms with Crippen LogP contribution in [-0.4, -0.2) is 22.2 Å². The molecule has 0 aliphatic heterocycles. The number of fused-ring (bicyclic) bond motifs is 1. The summed E-state index contributed by atoms with van der Waals surface area (Å²) in [7, 11) is 1.61. The molecule has 1 aromatic heterocycles. The third-order valence-corrected chi connectivity index (χ3v) is 3.43. The molecule has 6 nitrogen and oxygen atoms in total. The summed E-state index contributed by atoms with van der Waals surface area (Å²) in [6, 6.07) is 12.7. The van der Waals surface area contributed by atoms with Gasteiger partial charge < -0.3 is 20.4 Å². The molecule has 0 aliphatic carbocycles. The minimum absolute atomic E-state index is 0.190. The molecule has 0 saturated heterocycles.